The van der Waals surface area contributed by atoms with Gasteiger partial charge in [-0.25, -0.2) is 5.32 Å². The van der Waals surface area contributed by atoms with E-state index in [1.54, 1.807) is 0 Å². The zero-order chi connectivity index (χ0) is 8.10. The molecule has 2 nitrogen and oxygen atoms in total. The first-order valence-corrected chi connectivity index (χ1v) is 4.56. The van der Waals surface area contributed by atoms with E-state index in [2.05, 4.69) is 5.32 Å². The van der Waals surface area contributed by atoms with Crippen LogP contribution in [0.3, 0.4) is 0 Å². The van der Waals surface area contributed by atoms with Crippen molar-refractivity contribution in [3.8, 4) is 0 Å². The van der Waals surface area contributed by atoms with E-state index < -0.39 is 0 Å². The molecule has 1 amide bonds. The van der Waals surface area contributed by atoms with Gasteiger partial charge in [0.1, 0.15) is 0 Å². The SMILES string of the molecule is CCC(=O)[N]C1CCCCC1.[KH]. The van der Waals surface area contributed by atoms with Crippen molar-refractivity contribution in [2.75, 3.05) is 0 Å². The first-order valence-electron chi connectivity index (χ1n) is 4.56. The van der Waals surface area contributed by atoms with E-state index in [1.165, 1.54) is 19.3 Å². The Kier molecular flexibility index (Phi) is 8.20. The fourth-order valence-electron chi connectivity index (χ4n) is 1.51. The van der Waals surface area contributed by atoms with Crippen molar-refractivity contribution in [1.82, 2.24) is 5.32 Å². The monoisotopic (exact) mass is 194 g/mol. The molecule has 0 saturated heterocycles. The molecule has 0 spiro atoms. The van der Waals surface area contributed by atoms with Crippen molar-refractivity contribution in [2.45, 2.75) is 51.5 Å². The minimum absolute atomic E-state index is 0. The van der Waals surface area contributed by atoms with E-state index in [1.807, 2.05) is 6.92 Å². The van der Waals surface area contributed by atoms with Crippen LogP contribution in [0.5, 0.6) is 0 Å². The molecule has 0 aliphatic heterocycles. The second kappa shape index (κ2) is 7.50. The molecule has 0 atom stereocenters. The van der Waals surface area contributed by atoms with Crippen LogP contribution in [0.1, 0.15) is 45.4 Å². The summed E-state index contributed by atoms with van der Waals surface area (Å²) in [5.74, 6) is 0.0805. The van der Waals surface area contributed by atoms with Crippen LogP contribution in [0.4, 0.5) is 0 Å². The van der Waals surface area contributed by atoms with E-state index in [-0.39, 0.29) is 57.3 Å². The molecule has 3 heteroatoms. The Bertz CT molecular complexity index is 132. The van der Waals surface area contributed by atoms with Crippen LogP contribution in [0.25, 0.3) is 0 Å². The molecular formula is C9H17KNO. The summed E-state index contributed by atoms with van der Waals surface area (Å²) in [6.45, 7) is 1.87. The van der Waals surface area contributed by atoms with E-state index >= 15 is 0 Å². The molecular weight excluding hydrogens is 177 g/mol. The van der Waals surface area contributed by atoms with Gasteiger partial charge in [0.25, 0.3) is 0 Å². The third-order valence-electron chi connectivity index (χ3n) is 2.20. The molecule has 65 valence electrons. The molecule has 1 fully saturated rings. The zero-order valence-electron chi connectivity index (χ0n) is 7.18. The number of hydrogen-bond donors (Lipinski definition) is 0. The Morgan fingerprint density at radius 2 is 1.92 bits per heavy atom. The molecule has 1 saturated carbocycles. The summed E-state index contributed by atoms with van der Waals surface area (Å²) < 4.78 is 0. The summed E-state index contributed by atoms with van der Waals surface area (Å²) in [5, 5.41) is 4.12. The second-order valence-electron chi connectivity index (χ2n) is 3.17. The van der Waals surface area contributed by atoms with Crippen LogP contribution in [0, 0.1) is 0 Å². The van der Waals surface area contributed by atoms with Gasteiger partial charge in [-0.2, -0.15) is 0 Å². The Balaban J connectivity index is 0.00000121. The van der Waals surface area contributed by atoms with Crippen LogP contribution >= 0.6 is 0 Å². The summed E-state index contributed by atoms with van der Waals surface area (Å²) >= 11 is 0. The average Bonchev–Trinajstić information content (AvgIpc) is 2.06. The van der Waals surface area contributed by atoms with Crippen LogP contribution in [-0.4, -0.2) is 63.3 Å². The Labute approximate surface area is 117 Å². The van der Waals surface area contributed by atoms with Gasteiger partial charge >= 0.3 is 51.4 Å². The van der Waals surface area contributed by atoms with Gasteiger partial charge in [-0.1, -0.05) is 26.2 Å². The van der Waals surface area contributed by atoms with E-state index in [0.717, 1.165) is 12.8 Å². The van der Waals surface area contributed by atoms with E-state index in [9.17, 15) is 4.79 Å². The molecule has 1 aliphatic carbocycles. The molecule has 0 aromatic heterocycles. The predicted octanol–water partition coefficient (Wildman–Crippen LogP) is 1.21. The number of carbonyl (C=O) groups excluding carboxylic acids is 1. The van der Waals surface area contributed by atoms with Crippen molar-refractivity contribution in [3.63, 3.8) is 0 Å². The standard InChI is InChI=1S/C9H16NO.K.H/c1-2-9(11)10-8-6-4-3-5-7-8;;/h8H,2-7H2,1H3;;. The van der Waals surface area contributed by atoms with Gasteiger partial charge in [0, 0.05) is 6.42 Å². The Morgan fingerprint density at radius 1 is 1.33 bits per heavy atom. The van der Waals surface area contributed by atoms with Gasteiger partial charge in [0.05, 0.1) is 6.04 Å². The minimum atomic E-state index is 0. The molecule has 0 aromatic carbocycles. The van der Waals surface area contributed by atoms with E-state index in [4.69, 9.17) is 0 Å². The topological polar surface area (TPSA) is 31.2 Å². The van der Waals surface area contributed by atoms with Gasteiger partial charge in [0.15, 0.2) is 0 Å². The molecule has 1 rings (SSSR count). The number of nitrogens with zero attached hydrogens (tertiary/aromatic N) is 1. The summed E-state index contributed by atoms with van der Waals surface area (Å²) in [7, 11) is 0. The number of amides is 1. The van der Waals surface area contributed by atoms with Crippen LogP contribution < -0.4 is 5.32 Å². The molecule has 1 radical (unpaired) electrons. The van der Waals surface area contributed by atoms with Crippen LogP contribution in [0.15, 0.2) is 0 Å². The van der Waals surface area contributed by atoms with E-state index in [0.29, 0.717) is 12.5 Å². The molecule has 0 N–H and O–H groups in total. The molecule has 0 aromatic rings. The summed E-state index contributed by atoms with van der Waals surface area (Å²) in [6, 6.07) is 0.358. The second-order valence-corrected chi connectivity index (χ2v) is 3.17. The van der Waals surface area contributed by atoms with Crippen molar-refractivity contribution in [3.05, 3.63) is 0 Å². The van der Waals surface area contributed by atoms with Crippen molar-refractivity contribution < 1.29 is 4.79 Å². The summed E-state index contributed by atoms with van der Waals surface area (Å²) in [4.78, 5) is 10.9. The van der Waals surface area contributed by atoms with Gasteiger partial charge in [-0.15, -0.1) is 0 Å². The summed E-state index contributed by atoms with van der Waals surface area (Å²) in [5.41, 5.74) is 0. The maximum atomic E-state index is 10.9. The van der Waals surface area contributed by atoms with Crippen molar-refractivity contribution in [2.24, 2.45) is 0 Å². The fourth-order valence-corrected chi connectivity index (χ4v) is 1.51. The van der Waals surface area contributed by atoms with Crippen LogP contribution in [-0.2, 0) is 4.79 Å². The maximum absolute atomic E-state index is 10.9. The summed E-state index contributed by atoms with van der Waals surface area (Å²) in [6.07, 6.45) is 6.66. The predicted molar refractivity (Wildman–Crippen MR) is 51.5 cm³/mol. The molecule has 0 bridgehead atoms. The number of carbonyl (C=O) groups is 1. The first kappa shape index (κ1) is 13.1. The van der Waals surface area contributed by atoms with Crippen LogP contribution in [0.2, 0.25) is 0 Å². The quantitative estimate of drug-likeness (QED) is 0.608. The Morgan fingerprint density at radius 3 is 2.42 bits per heavy atom. The molecule has 0 heterocycles. The van der Waals surface area contributed by atoms with Gasteiger partial charge in [-0.3, -0.25) is 4.79 Å². The number of hydrogen-bond acceptors (Lipinski definition) is 1. The average molecular weight is 194 g/mol. The first-order chi connectivity index (χ1) is 5.33. The van der Waals surface area contributed by atoms with Gasteiger partial charge in [0.2, 0.25) is 5.91 Å². The third kappa shape index (κ3) is 4.97. The zero-order valence-corrected chi connectivity index (χ0v) is 7.18. The molecule has 0 unspecified atom stereocenters. The van der Waals surface area contributed by atoms with Gasteiger partial charge < -0.3 is 0 Å². The molecule has 12 heavy (non-hydrogen) atoms. The van der Waals surface area contributed by atoms with Gasteiger partial charge in [-0.05, 0) is 12.8 Å². The molecule has 1 aliphatic rings. The third-order valence-corrected chi connectivity index (χ3v) is 2.20. The normalized spacial score (nSPS) is 18.1. The van der Waals surface area contributed by atoms with Crippen molar-refractivity contribution in [1.29, 1.82) is 0 Å². The Hall–Kier alpha value is 1.11. The number of rotatable bonds is 2. The van der Waals surface area contributed by atoms with Crippen molar-refractivity contribution >= 4 is 57.3 Å². The fraction of sp³-hybridized carbons (Fsp3) is 0.889.